The summed E-state index contributed by atoms with van der Waals surface area (Å²) >= 11 is 0. The van der Waals surface area contributed by atoms with Gasteiger partial charge in [-0.2, -0.15) is 0 Å². The number of ether oxygens (including phenoxy) is 1. The first-order chi connectivity index (χ1) is 5.77. The number of rotatable bonds is 8. The van der Waals surface area contributed by atoms with E-state index in [4.69, 9.17) is 10.5 Å². The molecule has 0 spiro atoms. The normalized spacial score (nSPS) is 10.1. The van der Waals surface area contributed by atoms with Gasteiger partial charge in [-0.15, -0.1) is 0 Å². The van der Waals surface area contributed by atoms with Gasteiger partial charge in [0.15, 0.2) is 0 Å². The first-order valence-corrected chi connectivity index (χ1v) is 4.34. The zero-order valence-corrected chi connectivity index (χ0v) is 7.64. The van der Waals surface area contributed by atoms with Crippen LogP contribution in [-0.2, 0) is 9.53 Å². The molecule has 0 radical (unpaired) electrons. The average molecular weight is 174 g/mol. The molecule has 0 aliphatic heterocycles. The summed E-state index contributed by atoms with van der Waals surface area (Å²) in [5.41, 5.74) is 4.95. The predicted octanol–water partition coefficient (Wildman–Crippen LogP) is -0.122. The summed E-state index contributed by atoms with van der Waals surface area (Å²) in [5, 5.41) is 3.09. The van der Waals surface area contributed by atoms with Crippen LogP contribution in [0.25, 0.3) is 0 Å². The molecule has 0 aliphatic rings. The molecule has 3 N–H and O–H groups in total. The minimum absolute atomic E-state index is 0.257. The molecule has 0 aromatic carbocycles. The Morgan fingerprint density at radius 2 is 2.25 bits per heavy atom. The maximum absolute atomic E-state index is 10.3. The SMILES string of the molecule is CCOCCCNCCC(N)=O. The number of hydrogen-bond acceptors (Lipinski definition) is 3. The number of primary amides is 1. The highest BCUT2D eigenvalue weighted by Crippen LogP contribution is 1.80. The van der Waals surface area contributed by atoms with Gasteiger partial charge >= 0.3 is 0 Å². The Kier molecular flexibility index (Phi) is 8.05. The molecule has 0 bridgehead atoms. The lowest BCUT2D eigenvalue weighted by molar-refractivity contribution is -0.117. The Labute approximate surface area is 73.5 Å². The molecule has 1 amide bonds. The smallest absolute Gasteiger partial charge is 0.218 e. The van der Waals surface area contributed by atoms with E-state index >= 15 is 0 Å². The summed E-state index contributed by atoms with van der Waals surface area (Å²) in [7, 11) is 0. The second-order valence-corrected chi connectivity index (χ2v) is 2.52. The van der Waals surface area contributed by atoms with Crippen molar-refractivity contribution in [2.45, 2.75) is 19.8 Å². The molecular formula is C8H18N2O2. The average Bonchev–Trinajstić information content (AvgIpc) is 2.02. The van der Waals surface area contributed by atoms with E-state index in [2.05, 4.69) is 5.32 Å². The number of carbonyl (C=O) groups excluding carboxylic acids is 1. The summed E-state index contributed by atoms with van der Waals surface area (Å²) in [6, 6.07) is 0. The number of amides is 1. The third kappa shape index (κ3) is 9.39. The second-order valence-electron chi connectivity index (χ2n) is 2.52. The van der Waals surface area contributed by atoms with E-state index in [0.29, 0.717) is 13.0 Å². The van der Waals surface area contributed by atoms with Gasteiger partial charge in [0, 0.05) is 26.2 Å². The Morgan fingerprint density at radius 1 is 1.50 bits per heavy atom. The van der Waals surface area contributed by atoms with Crippen LogP contribution in [0.4, 0.5) is 0 Å². The van der Waals surface area contributed by atoms with E-state index in [0.717, 1.165) is 26.2 Å². The molecule has 4 nitrogen and oxygen atoms in total. The van der Waals surface area contributed by atoms with E-state index in [1.54, 1.807) is 0 Å². The molecular weight excluding hydrogens is 156 g/mol. The monoisotopic (exact) mass is 174 g/mol. The summed E-state index contributed by atoms with van der Waals surface area (Å²) < 4.78 is 5.13. The fraction of sp³-hybridized carbons (Fsp3) is 0.875. The highest BCUT2D eigenvalue weighted by molar-refractivity contribution is 5.73. The van der Waals surface area contributed by atoms with Crippen LogP contribution in [0.5, 0.6) is 0 Å². The van der Waals surface area contributed by atoms with Crippen LogP contribution in [0.1, 0.15) is 19.8 Å². The molecule has 12 heavy (non-hydrogen) atoms. The van der Waals surface area contributed by atoms with Gasteiger partial charge < -0.3 is 15.8 Å². The van der Waals surface area contributed by atoms with Crippen molar-refractivity contribution >= 4 is 5.91 Å². The predicted molar refractivity (Wildman–Crippen MR) is 47.8 cm³/mol. The van der Waals surface area contributed by atoms with E-state index in [9.17, 15) is 4.79 Å². The van der Waals surface area contributed by atoms with Crippen LogP contribution in [0.3, 0.4) is 0 Å². The number of nitrogens with one attached hydrogen (secondary N) is 1. The second kappa shape index (κ2) is 8.49. The Balaban J connectivity index is 2.86. The van der Waals surface area contributed by atoms with Crippen molar-refractivity contribution in [1.29, 1.82) is 0 Å². The molecule has 72 valence electrons. The Morgan fingerprint density at radius 3 is 2.83 bits per heavy atom. The lowest BCUT2D eigenvalue weighted by atomic mass is 10.4. The van der Waals surface area contributed by atoms with Crippen LogP contribution in [-0.4, -0.2) is 32.2 Å². The van der Waals surface area contributed by atoms with Gasteiger partial charge in [0.25, 0.3) is 0 Å². The van der Waals surface area contributed by atoms with Crippen LogP contribution < -0.4 is 11.1 Å². The van der Waals surface area contributed by atoms with Crippen molar-refractivity contribution in [1.82, 2.24) is 5.32 Å². The third-order valence-electron chi connectivity index (χ3n) is 1.39. The van der Waals surface area contributed by atoms with Crippen molar-refractivity contribution < 1.29 is 9.53 Å². The maximum Gasteiger partial charge on any atom is 0.218 e. The minimum atomic E-state index is -0.257. The molecule has 0 aromatic rings. The molecule has 0 aliphatic carbocycles. The van der Waals surface area contributed by atoms with Crippen LogP contribution in [0.15, 0.2) is 0 Å². The molecule has 0 heterocycles. The van der Waals surface area contributed by atoms with E-state index in [-0.39, 0.29) is 5.91 Å². The lowest BCUT2D eigenvalue weighted by Gasteiger charge is -2.02. The van der Waals surface area contributed by atoms with Crippen molar-refractivity contribution in [2.24, 2.45) is 5.73 Å². The summed E-state index contributed by atoms with van der Waals surface area (Å²) in [6.45, 7) is 5.07. The fourth-order valence-electron chi connectivity index (χ4n) is 0.780. The van der Waals surface area contributed by atoms with E-state index < -0.39 is 0 Å². The standard InChI is InChI=1S/C8H18N2O2/c1-2-12-7-3-5-10-6-4-8(9)11/h10H,2-7H2,1H3,(H2,9,11). The van der Waals surface area contributed by atoms with Crippen LogP contribution in [0.2, 0.25) is 0 Å². The Bertz CT molecular complexity index is 118. The lowest BCUT2D eigenvalue weighted by Crippen LogP contribution is -2.23. The van der Waals surface area contributed by atoms with Gasteiger partial charge in [0.2, 0.25) is 5.91 Å². The molecule has 0 saturated heterocycles. The van der Waals surface area contributed by atoms with Gasteiger partial charge in [-0.05, 0) is 19.9 Å². The van der Waals surface area contributed by atoms with Gasteiger partial charge in [0.05, 0.1) is 0 Å². The van der Waals surface area contributed by atoms with Crippen molar-refractivity contribution in [3.63, 3.8) is 0 Å². The number of hydrogen-bond donors (Lipinski definition) is 2. The van der Waals surface area contributed by atoms with Gasteiger partial charge in [-0.3, -0.25) is 4.79 Å². The van der Waals surface area contributed by atoms with Crippen LogP contribution >= 0.6 is 0 Å². The van der Waals surface area contributed by atoms with Crippen molar-refractivity contribution in [3.05, 3.63) is 0 Å². The molecule has 0 rings (SSSR count). The van der Waals surface area contributed by atoms with Gasteiger partial charge in [-0.1, -0.05) is 0 Å². The Hall–Kier alpha value is -0.610. The highest BCUT2D eigenvalue weighted by Gasteiger charge is 1.92. The fourth-order valence-corrected chi connectivity index (χ4v) is 0.780. The minimum Gasteiger partial charge on any atom is -0.382 e. The first-order valence-electron chi connectivity index (χ1n) is 4.34. The third-order valence-corrected chi connectivity index (χ3v) is 1.39. The zero-order chi connectivity index (χ0) is 9.23. The largest absolute Gasteiger partial charge is 0.382 e. The molecule has 0 saturated carbocycles. The van der Waals surface area contributed by atoms with Crippen LogP contribution in [0, 0.1) is 0 Å². The summed E-state index contributed by atoms with van der Waals surface area (Å²) in [6.07, 6.45) is 1.39. The van der Waals surface area contributed by atoms with Gasteiger partial charge in [0.1, 0.15) is 0 Å². The quantitative estimate of drug-likeness (QED) is 0.504. The van der Waals surface area contributed by atoms with Gasteiger partial charge in [-0.25, -0.2) is 0 Å². The zero-order valence-electron chi connectivity index (χ0n) is 7.64. The molecule has 0 atom stereocenters. The maximum atomic E-state index is 10.3. The summed E-state index contributed by atoms with van der Waals surface area (Å²) in [5.74, 6) is -0.257. The molecule has 4 heteroatoms. The molecule has 0 unspecified atom stereocenters. The first kappa shape index (κ1) is 11.4. The van der Waals surface area contributed by atoms with E-state index in [1.165, 1.54) is 0 Å². The van der Waals surface area contributed by atoms with E-state index in [1.807, 2.05) is 6.92 Å². The number of nitrogens with two attached hydrogens (primary N) is 1. The highest BCUT2D eigenvalue weighted by atomic mass is 16.5. The topological polar surface area (TPSA) is 64.3 Å². The van der Waals surface area contributed by atoms with Crippen molar-refractivity contribution in [3.8, 4) is 0 Å². The van der Waals surface area contributed by atoms with Crippen molar-refractivity contribution in [2.75, 3.05) is 26.3 Å². The number of carbonyl (C=O) groups is 1. The molecule has 0 fully saturated rings. The molecule has 0 aromatic heterocycles. The summed E-state index contributed by atoms with van der Waals surface area (Å²) in [4.78, 5) is 10.3.